The molecule has 0 spiro atoms. The number of benzene rings is 1. The Balaban J connectivity index is 1.96. The molecule has 0 fully saturated rings. The molecule has 3 heterocycles. The number of fused-ring (bicyclic) bond motifs is 3. The fourth-order valence-corrected chi connectivity index (χ4v) is 3.84. The Kier molecular flexibility index (Phi) is 4.04. The molecule has 0 bridgehead atoms. The van der Waals surface area contributed by atoms with E-state index in [0.717, 1.165) is 34.0 Å². The quantitative estimate of drug-likeness (QED) is 0.552. The molecule has 0 aliphatic rings. The highest BCUT2D eigenvalue weighted by Crippen LogP contribution is 2.34. The fourth-order valence-electron chi connectivity index (χ4n) is 2.82. The normalized spacial score (nSPS) is 11.2. The molecule has 0 saturated heterocycles. The van der Waals surface area contributed by atoms with E-state index in [-0.39, 0.29) is 5.56 Å². The van der Waals surface area contributed by atoms with Crippen LogP contribution in [0.1, 0.15) is 6.92 Å². The maximum Gasteiger partial charge on any atom is 0.275 e. The van der Waals surface area contributed by atoms with Gasteiger partial charge in [-0.25, -0.2) is 15.0 Å². The van der Waals surface area contributed by atoms with E-state index in [0.29, 0.717) is 10.2 Å². The third kappa shape index (κ3) is 2.50. The van der Waals surface area contributed by atoms with Crippen molar-refractivity contribution >= 4 is 37.6 Å². The van der Waals surface area contributed by atoms with Gasteiger partial charge in [-0.05, 0) is 31.2 Å². The van der Waals surface area contributed by atoms with Gasteiger partial charge in [0.2, 0.25) is 0 Å². The summed E-state index contributed by atoms with van der Waals surface area (Å²) >= 11 is 1.35. The molecule has 0 saturated carbocycles. The Morgan fingerprint density at radius 1 is 1.19 bits per heavy atom. The molecule has 0 aliphatic carbocycles. The van der Waals surface area contributed by atoms with Gasteiger partial charge in [-0.15, -0.1) is 11.3 Å². The van der Waals surface area contributed by atoms with Crippen LogP contribution in [0.25, 0.3) is 26.1 Å². The first kappa shape index (κ1) is 16.5. The number of ether oxygens (including phenoxy) is 1. The Morgan fingerprint density at radius 3 is 2.65 bits per heavy atom. The Labute approximate surface area is 153 Å². The van der Waals surface area contributed by atoms with Gasteiger partial charge in [-0.1, -0.05) is 0 Å². The number of thiophene rings is 1. The van der Waals surface area contributed by atoms with Gasteiger partial charge in [0.05, 0.1) is 18.2 Å². The summed E-state index contributed by atoms with van der Waals surface area (Å²) in [7, 11) is 3.57. The van der Waals surface area contributed by atoms with Crippen molar-refractivity contribution in [3.05, 3.63) is 47.3 Å². The van der Waals surface area contributed by atoms with Crippen LogP contribution in [-0.4, -0.2) is 40.2 Å². The third-order valence-corrected chi connectivity index (χ3v) is 5.42. The molecule has 0 N–H and O–H groups in total. The summed E-state index contributed by atoms with van der Waals surface area (Å²) in [4.78, 5) is 29.1. The lowest BCUT2D eigenvalue weighted by atomic mass is 10.3. The smallest absolute Gasteiger partial charge is 0.275 e. The average molecular weight is 367 g/mol. The number of hydrogen-bond acceptors (Lipinski definition) is 7. The van der Waals surface area contributed by atoms with Crippen molar-refractivity contribution in [1.29, 1.82) is 0 Å². The van der Waals surface area contributed by atoms with Crippen LogP contribution < -0.4 is 15.2 Å². The summed E-state index contributed by atoms with van der Waals surface area (Å²) in [6, 6.07) is 7.29. The zero-order valence-electron chi connectivity index (χ0n) is 14.6. The molecule has 1 aromatic carbocycles. The predicted octanol–water partition coefficient (Wildman–Crippen LogP) is 2.86. The average Bonchev–Trinajstić information content (AvgIpc) is 3.07. The summed E-state index contributed by atoms with van der Waals surface area (Å²) in [5.41, 5.74) is 1.27. The summed E-state index contributed by atoms with van der Waals surface area (Å²) in [6.07, 6.45) is 3.09. The highest BCUT2D eigenvalue weighted by atomic mass is 32.1. The van der Waals surface area contributed by atoms with Gasteiger partial charge in [0, 0.05) is 13.6 Å². The van der Waals surface area contributed by atoms with E-state index < -0.39 is 0 Å². The van der Waals surface area contributed by atoms with Crippen molar-refractivity contribution in [3.63, 3.8) is 0 Å². The molecule has 26 heavy (non-hydrogen) atoms. The van der Waals surface area contributed by atoms with Crippen LogP contribution in [0.3, 0.4) is 0 Å². The zero-order chi connectivity index (χ0) is 18.3. The summed E-state index contributed by atoms with van der Waals surface area (Å²) in [5, 5.41) is 0.829. The molecule has 0 atom stereocenters. The Morgan fingerprint density at radius 2 is 1.96 bits per heavy atom. The maximum atomic E-state index is 13.0. The number of hydrogen-bond donors (Lipinski definition) is 0. The molecular weight excluding hydrogens is 350 g/mol. The fraction of sp³-hybridized carbons (Fsp3) is 0.222. The Bertz CT molecular complexity index is 1150. The van der Waals surface area contributed by atoms with Crippen LogP contribution in [0, 0.1) is 0 Å². The highest BCUT2D eigenvalue weighted by Gasteiger charge is 2.18. The highest BCUT2D eigenvalue weighted by molar-refractivity contribution is 7.25. The van der Waals surface area contributed by atoms with Crippen molar-refractivity contribution in [1.82, 2.24) is 19.5 Å². The SMILES string of the molecule is CCN(C)c1ncnc2sc3c(=O)n(-c4ccc(OC)cc4)cnc3c12. The van der Waals surface area contributed by atoms with Gasteiger partial charge in [0.25, 0.3) is 5.56 Å². The van der Waals surface area contributed by atoms with Gasteiger partial charge < -0.3 is 9.64 Å². The lowest BCUT2D eigenvalue weighted by molar-refractivity contribution is 0.414. The van der Waals surface area contributed by atoms with Gasteiger partial charge in [-0.3, -0.25) is 9.36 Å². The van der Waals surface area contributed by atoms with Crippen LogP contribution in [0.4, 0.5) is 5.82 Å². The number of methoxy groups -OCH3 is 1. The molecule has 8 heteroatoms. The summed E-state index contributed by atoms with van der Waals surface area (Å²) in [6.45, 7) is 2.85. The number of rotatable bonds is 4. The van der Waals surface area contributed by atoms with Crippen LogP contribution in [0.15, 0.2) is 41.7 Å². The largest absolute Gasteiger partial charge is 0.497 e. The van der Waals surface area contributed by atoms with Crippen LogP contribution >= 0.6 is 11.3 Å². The number of nitrogens with zero attached hydrogens (tertiary/aromatic N) is 5. The molecule has 4 aromatic rings. The van der Waals surface area contributed by atoms with Gasteiger partial charge in [-0.2, -0.15) is 0 Å². The van der Waals surface area contributed by atoms with Crippen molar-refractivity contribution in [2.75, 3.05) is 25.6 Å². The lowest BCUT2D eigenvalue weighted by Gasteiger charge is -2.15. The summed E-state index contributed by atoms with van der Waals surface area (Å²) in [5.74, 6) is 1.53. The van der Waals surface area contributed by atoms with Crippen LogP contribution in [0.2, 0.25) is 0 Å². The van der Waals surface area contributed by atoms with Crippen molar-refractivity contribution in [2.24, 2.45) is 0 Å². The molecule has 132 valence electrons. The van der Waals surface area contributed by atoms with E-state index in [1.54, 1.807) is 13.4 Å². The first-order valence-electron chi connectivity index (χ1n) is 8.14. The van der Waals surface area contributed by atoms with Crippen molar-refractivity contribution in [3.8, 4) is 11.4 Å². The standard InChI is InChI=1S/C18H17N5O2S/c1-4-22(2)16-13-14-15(26-17(13)20-9-19-16)18(24)23(10-21-14)11-5-7-12(25-3)8-6-11/h5-10H,4H2,1-3H3. The van der Waals surface area contributed by atoms with Crippen LogP contribution in [0.5, 0.6) is 5.75 Å². The van der Waals surface area contributed by atoms with E-state index >= 15 is 0 Å². The summed E-state index contributed by atoms with van der Waals surface area (Å²) < 4.78 is 7.28. The third-order valence-electron chi connectivity index (χ3n) is 4.34. The second-order valence-corrected chi connectivity index (χ2v) is 6.79. The zero-order valence-corrected chi connectivity index (χ0v) is 15.4. The molecule has 0 amide bonds. The predicted molar refractivity (Wildman–Crippen MR) is 104 cm³/mol. The molecule has 7 nitrogen and oxygen atoms in total. The number of anilines is 1. The molecule has 0 radical (unpaired) electrons. The molecule has 3 aromatic heterocycles. The topological polar surface area (TPSA) is 73.1 Å². The van der Waals surface area contributed by atoms with Gasteiger partial charge in [0.15, 0.2) is 0 Å². The molecule has 4 rings (SSSR count). The van der Waals surface area contributed by atoms with E-state index in [2.05, 4.69) is 15.0 Å². The first-order valence-corrected chi connectivity index (χ1v) is 8.96. The maximum absolute atomic E-state index is 13.0. The van der Waals surface area contributed by atoms with E-state index in [1.807, 2.05) is 43.1 Å². The second-order valence-electron chi connectivity index (χ2n) is 5.79. The Hall–Kier alpha value is -3.00. The molecular formula is C18H17N5O2S. The van der Waals surface area contributed by atoms with E-state index in [9.17, 15) is 4.79 Å². The van der Waals surface area contributed by atoms with E-state index in [4.69, 9.17) is 4.74 Å². The van der Waals surface area contributed by atoms with E-state index in [1.165, 1.54) is 22.2 Å². The lowest BCUT2D eigenvalue weighted by Crippen LogP contribution is -2.18. The minimum atomic E-state index is -0.117. The van der Waals surface area contributed by atoms with Gasteiger partial charge in [0.1, 0.15) is 39.3 Å². The first-order chi connectivity index (χ1) is 12.6. The van der Waals surface area contributed by atoms with Crippen molar-refractivity contribution < 1.29 is 4.74 Å². The monoisotopic (exact) mass is 367 g/mol. The second kappa shape index (κ2) is 6.38. The van der Waals surface area contributed by atoms with Crippen LogP contribution in [-0.2, 0) is 0 Å². The van der Waals surface area contributed by atoms with Gasteiger partial charge >= 0.3 is 0 Å². The minimum absolute atomic E-state index is 0.117. The number of aromatic nitrogens is 4. The molecule has 0 unspecified atom stereocenters. The van der Waals surface area contributed by atoms with Crippen molar-refractivity contribution in [2.45, 2.75) is 6.92 Å². The molecule has 0 aliphatic heterocycles. The minimum Gasteiger partial charge on any atom is -0.497 e.